The standard InChI is InChI=1S/C12H21N3O/c1-11-6-7-12(16)15(13-11)10-14-8-4-2-3-5-9-14/h2-10H2,1H3. The molecule has 1 saturated heterocycles. The predicted octanol–water partition coefficient (Wildman–Crippen LogP) is 1.82. The molecule has 2 aliphatic heterocycles. The SMILES string of the molecule is CC1=NN(CN2CCCCCC2)C(=O)CC1. The molecule has 0 spiro atoms. The Kier molecular flexibility index (Phi) is 3.93. The molecule has 2 heterocycles. The Bertz CT molecular complexity index is 280. The third-order valence-electron chi connectivity index (χ3n) is 3.31. The Balaban J connectivity index is 1.91. The molecule has 4 heteroatoms. The van der Waals surface area contributed by atoms with Crippen LogP contribution in [0.5, 0.6) is 0 Å². The van der Waals surface area contributed by atoms with Crippen molar-refractivity contribution in [1.82, 2.24) is 9.91 Å². The van der Waals surface area contributed by atoms with E-state index in [4.69, 9.17) is 0 Å². The van der Waals surface area contributed by atoms with Gasteiger partial charge >= 0.3 is 0 Å². The second-order valence-corrected chi connectivity index (χ2v) is 4.80. The van der Waals surface area contributed by atoms with E-state index in [0.29, 0.717) is 13.1 Å². The van der Waals surface area contributed by atoms with Crippen molar-refractivity contribution in [3.05, 3.63) is 0 Å². The Morgan fingerprint density at radius 2 is 1.81 bits per heavy atom. The van der Waals surface area contributed by atoms with E-state index < -0.39 is 0 Å². The molecule has 90 valence electrons. The molecule has 0 unspecified atom stereocenters. The van der Waals surface area contributed by atoms with Gasteiger partial charge in [0.1, 0.15) is 0 Å². The number of carbonyl (C=O) groups is 1. The van der Waals surface area contributed by atoms with Crippen LogP contribution in [0.15, 0.2) is 5.10 Å². The second-order valence-electron chi connectivity index (χ2n) is 4.80. The summed E-state index contributed by atoms with van der Waals surface area (Å²) in [5.74, 6) is 0.176. The summed E-state index contributed by atoms with van der Waals surface area (Å²) in [6, 6.07) is 0. The number of rotatable bonds is 2. The molecule has 0 bridgehead atoms. The fourth-order valence-electron chi connectivity index (χ4n) is 2.31. The average molecular weight is 223 g/mol. The quantitative estimate of drug-likeness (QED) is 0.716. The van der Waals surface area contributed by atoms with E-state index in [0.717, 1.165) is 25.2 Å². The molecule has 16 heavy (non-hydrogen) atoms. The van der Waals surface area contributed by atoms with Crippen LogP contribution in [0.25, 0.3) is 0 Å². The van der Waals surface area contributed by atoms with Crippen LogP contribution in [-0.4, -0.2) is 41.3 Å². The lowest BCUT2D eigenvalue weighted by molar-refractivity contribution is -0.134. The Morgan fingerprint density at radius 3 is 2.50 bits per heavy atom. The van der Waals surface area contributed by atoms with Crippen LogP contribution in [0.3, 0.4) is 0 Å². The van der Waals surface area contributed by atoms with Crippen molar-refractivity contribution < 1.29 is 4.79 Å². The van der Waals surface area contributed by atoms with Gasteiger partial charge in [-0.15, -0.1) is 0 Å². The van der Waals surface area contributed by atoms with E-state index in [-0.39, 0.29) is 5.91 Å². The molecular formula is C12H21N3O. The van der Waals surface area contributed by atoms with Crippen LogP contribution >= 0.6 is 0 Å². The summed E-state index contributed by atoms with van der Waals surface area (Å²) in [6.45, 7) is 4.91. The summed E-state index contributed by atoms with van der Waals surface area (Å²) >= 11 is 0. The zero-order chi connectivity index (χ0) is 11.4. The van der Waals surface area contributed by atoms with Gasteiger partial charge in [-0.3, -0.25) is 9.69 Å². The van der Waals surface area contributed by atoms with Crippen molar-refractivity contribution in [2.24, 2.45) is 5.10 Å². The topological polar surface area (TPSA) is 35.9 Å². The maximum atomic E-state index is 11.7. The average Bonchev–Trinajstić information content (AvgIpc) is 2.52. The van der Waals surface area contributed by atoms with E-state index in [9.17, 15) is 4.79 Å². The first-order chi connectivity index (χ1) is 7.75. The van der Waals surface area contributed by atoms with E-state index in [1.807, 2.05) is 6.92 Å². The normalized spacial score (nSPS) is 24.2. The highest BCUT2D eigenvalue weighted by atomic mass is 16.2. The zero-order valence-corrected chi connectivity index (χ0v) is 10.1. The number of nitrogens with zero attached hydrogens (tertiary/aromatic N) is 3. The van der Waals surface area contributed by atoms with Crippen LogP contribution in [0.1, 0.15) is 45.4 Å². The summed E-state index contributed by atoms with van der Waals surface area (Å²) in [4.78, 5) is 14.0. The summed E-state index contributed by atoms with van der Waals surface area (Å²) in [5, 5.41) is 6.00. The molecule has 0 aliphatic carbocycles. The Morgan fingerprint density at radius 1 is 1.12 bits per heavy atom. The van der Waals surface area contributed by atoms with Crippen molar-refractivity contribution in [1.29, 1.82) is 0 Å². The number of likely N-dealkylation sites (tertiary alicyclic amines) is 1. The van der Waals surface area contributed by atoms with Gasteiger partial charge in [0, 0.05) is 12.1 Å². The lowest BCUT2D eigenvalue weighted by Crippen LogP contribution is -2.41. The first-order valence-electron chi connectivity index (χ1n) is 6.32. The third-order valence-corrected chi connectivity index (χ3v) is 3.31. The first kappa shape index (κ1) is 11.6. The van der Waals surface area contributed by atoms with Crippen molar-refractivity contribution in [3.8, 4) is 0 Å². The molecule has 2 aliphatic rings. The van der Waals surface area contributed by atoms with Gasteiger partial charge in [0.15, 0.2) is 0 Å². The van der Waals surface area contributed by atoms with Crippen molar-refractivity contribution >= 4 is 11.6 Å². The number of amides is 1. The number of hydrazone groups is 1. The highest BCUT2D eigenvalue weighted by molar-refractivity contribution is 5.90. The van der Waals surface area contributed by atoms with Gasteiger partial charge in [-0.1, -0.05) is 12.8 Å². The molecule has 2 rings (SSSR count). The number of hydrogen-bond donors (Lipinski definition) is 0. The molecule has 1 fully saturated rings. The van der Waals surface area contributed by atoms with Crippen LogP contribution in [0.2, 0.25) is 0 Å². The molecule has 0 aromatic carbocycles. The minimum absolute atomic E-state index is 0.176. The van der Waals surface area contributed by atoms with E-state index in [1.54, 1.807) is 5.01 Å². The lowest BCUT2D eigenvalue weighted by atomic mass is 10.2. The van der Waals surface area contributed by atoms with Crippen LogP contribution in [-0.2, 0) is 4.79 Å². The van der Waals surface area contributed by atoms with Crippen LogP contribution in [0, 0.1) is 0 Å². The number of carbonyl (C=O) groups excluding carboxylic acids is 1. The summed E-state index contributed by atoms with van der Waals surface area (Å²) in [7, 11) is 0. The fraction of sp³-hybridized carbons (Fsp3) is 0.833. The molecule has 0 atom stereocenters. The van der Waals surface area contributed by atoms with Crippen molar-refractivity contribution in [2.45, 2.75) is 45.4 Å². The second kappa shape index (κ2) is 5.43. The predicted molar refractivity (Wildman–Crippen MR) is 64.1 cm³/mol. The zero-order valence-electron chi connectivity index (χ0n) is 10.1. The molecule has 0 aromatic rings. The molecule has 0 aromatic heterocycles. The summed E-state index contributed by atoms with van der Waals surface area (Å²) in [5.41, 5.74) is 1.08. The summed E-state index contributed by atoms with van der Waals surface area (Å²) < 4.78 is 0. The Hall–Kier alpha value is -0.900. The molecule has 1 amide bonds. The highest BCUT2D eigenvalue weighted by Gasteiger charge is 2.21. The van der Waals surface area contributed by atoms with Crippen molar-refractivity contribution in [3.63, 3.8) is 0 Å². The van der Waals surface area contributed by atoms with Gasteiger partial charge in [0.25, 0.3) is 0 Å². The third kappa shape index (κ3) is 3.04. The summed E-state index contributed by atoms with van der Waals surface area (Å²) in [6.07, 6.45) is 6.62. The van der Waals surface area contributed by atoms with E-state index in [2.05, 4.69) is 10.0 Å². The number of hydrogen-bond acceptors (Lipinski definition) is 3. The molecule has 0 saturated carbocycles. The largest absolute Gasteiger partial charge is 0.284 e. The first-order valence-corrected chi connectivity index (χ1v) is 6.32. The van der Waals surface area contributed by atoms with Gasteiger partial charge in [0.2, 0.25) is 5.91 Å². The smallest absolute Gasteiger partial charge is 0.244 e. The molecule has 0 radical (unpaired) electrons. The Labute approximate surface area is 97.3 Å². The van der Waals surface area contributed by atoms with Gasteiger partial charge in [-0.2, -0.15) is 5.10 Å². The van der Waals surface area contributed by atoms with Crippen LogP contribution in [0.4, 0.5) is 0 Å². The monoisotopic (exact) mass is 223 g/mol. The minimum atomic E-state index is 0.176. The maximum absolute atomic E-state index is 11.7. The van der Waals surface area contributed by atoms with Gasteiger partial charge in [-0.25, -0.2) is 5.01 Å². The van der Waals surface area contributed by atoms with E-state index >= 15 is 0 Å². The maximum Gasteiger partial charge on any atom is 0.244 e. The molecule has 4 nitrogen and oxygen atoms in total. The molecular weight excluding hydrogens is 202 g/mol. The van der Waals surface area contributed by atoms with Gasteiger partial charge in [-0.05, 0) is 39.3 Å². The van der Waals surface area contributed by atoms with Gasteiger partial charge in [0.05, 0.1) is 6.67 Å². The minimum Gasteiger partial charge on any atom is -0.284 e. The highest BCUT2D eigenvalue weighted by Crippen LogP contribution is 2.13. The van der Waals surface area contributed by atoms with Crippen molar-refractivity contribution in [2.75, 3.05) is 19.8 Å². The fourth-order valence-corrected chi connectivity index (χ4v) is 2.31. The van der Waals surface area contributed by atoms with Gasteiger partial charge < -0.3 is 0 Å². The lowest BCUT2D eigenvalue weighted by Gasteiger charge is -2.28. The molecule has 0 N–H and O–H groups in total. The van der Waals surface area contributed by atoms with Crippen LogP contribution < -0.4 is 0 Å². The van der Waals surface area contributed by atoms with E-state index in [1.165, 1.54) is 25.7 Å².